The van der Waals surface area contributed by atoms with Crippen LogP contribution in [0.4, 0.5) is 0 Å². The van der Waals surface area contributed by atoms with E-state index in [0.29, 0.717) is 19.4 Å². The first kappa shape index (κ1) is 22.1. The molecule has 0 N–H and O–H groups in total. The highest BCUT2D eigenvalue weighted by Crippen LogP contribution is 2.45. The van der Waals surface area contributed by atoms with E-state index in [1.54, 1.807) is 0 Å². The molecule has 4 nitrogen and oxygen atoms in total. The molecule has 0 aromatic heterocycles. The molecule has 4 heteroatoms. The van der Waals surface area contributed by atoms with Crippen LogP contribution in [0.15, 0.2) is 0 Å². The molecule has 1 rings (SSSR count). The third-order valence-corrected chi connectivity index (χ3v) is 6.00. The number of hydrogen-bond donors (Lipinski definition) is 0. The Morgan fingerprint density at radius 2 is 1.60 bits per heavy atom. The average molecular weight is 354 g/mol. The van der Waals surface area contributed by atoms with Crippen LogP contribution >= 0.6 is 0 Å². The number of ether oxygens (including phenoxy) is 1. The predicted octanol–water partition coefficient (Wildman–Crippen LogP) is 4.46. The number of hydrogen-bond acceptors (Lipinski definition) is 3. The van der Waals surface area contributed by atoms with E-state index in [9.17, 15) is 9.59 Å². The summed E-state index contributed by atoms with van der Waals surface area (Å²) in [5, 5.41) is 0. The predicted molar refractivity (Wildman–Crippen MR) is 102 cm³/mol. The number of likely N-dealkylation sites (tertiary alicyclic amines) is 1. The van der Waals surface area contributed by atoms with Crippen LogP contribution in [0.25, 0.3) is 0 Å². The molecule has 0 aliphatic carbocycles. The van der Waals surface area contributed by atoms with Crippen molar-refractivity contribution in [1.82, 2.24) is 4.90 Å². The largest absolute Gasteiger partial charge is 0.377 e. The fourth-order valence-electron chi connectivity index (χ4n) is 3.24. The van der Waals surface area contributed by atoms with Crippen molar-refractivity contribution in [2.45, 2.75) is 93.2 Å². The summed E-state index contributed by atoms with van der Waals surface area (Å²) in [6.45, 7) is 17.9. The first-order valence-corrected chi connectivity index (χ1v) is 9.81. The van der Waals surface area contributed by atoms with Crippen molar-refractivity contribution in [3.05, 3.63) is 0 Å². The zero-order valence-corrected chi connectivity index (χ0v) is 17.6. The first-order chi connectivity index (χ1) is 11.4. The van der Waals surface area contributed by atoms with Gasteiger partial charge in [0.1, 0.15) is 5.78 Å². The van der Waals surface area contributed by atoms with E-state index in [1.165, 1.54) is 0 Å². The smallest absolute Gasteiger partial charge is 0.223 e. The summed E-state index contributed by atoms with van der Waals surface area (Å²) in [4.78, 5) is 27.2. The number of amides is 1. The summed E-state index contributed by atoms with van der Waals surface area (Å²) in [6.07, 6.45) is 3.26. The van der Waals surface area contributed by atoms with E-state index in [2.05, 4.69) is 27.7 Å². The zero-order valence-electron chi connectivity index (χ0n) is 17.6. The summed E-state index contributed by atoms with van der Waals surface area (Å²) in [5.41, 5.74) is -0.450. The second-order valence-corrected chi connectivity index (χ2v) is 9.51. The minimum atomic E-state index is -0.235. The summed E-state index contributed by atoms with van der Waals surface area (Å²) in [6, 6.07) is 0.200. The standard InChI is InChI=1S/C21H39NO3/c1-15(2)18(23)12-20(5,6)21(7,8)13-19(24)22-11-9-10-17(22)14-25-16(3)4/h15-17H,9-14H2,1-8H3. The van der Waals surface area contributed by atoms with Crippen molar-refractivity contribution in [3.8, 4) is 0 Å². The van der Waals surface area contributed by atoms with Crippen LogP contribution in [0, 0.1) is 16.7 Å². The van der Waals surface area contributed by atoms with E-state index in [1.807, 2.05) is 32.6 Å². The molecule has 1 unspecified atom stereocenters. The molecule has 0 aromatic carbocycles. The van der Waals surface area contributed by atoms with Crippen LogP contribution in [0.5, 0.6) is 0 Å². The third kappa shape index (κ3) is 6.09. The second kappa shape index (κ2) is 8.66. The van der Waals surface area contributed by atoms with E-state index < -0.39 is 0 Å². The highest BCUT2D eigenvalue weighted by molar-refractivity contribution is 5.81. The average Bonchev–Trinajstić information content (AvgIpc) is 2.92. The third-order valence-electron chi connectivity index (χ3n) is 6.00. The Kier molecular flexibility index (Phi) is 7.67. The van der Waals surface area contributed by atoms with Gasteiger partial charge in [0.2, 0.25) is 5.91 Å². The van der Waals surface area contributed by atoms with Gasteiger partial charge < -0.3 is 9.64 Å². The van der Waals surface area contributed by atoms with Crippen molar-refractivity contribution in [2.24, 2.45) is 16.7 Å². The van der Waals surface area contributed by atoms with Crippen molar-refractivity contribution >= 4 is 11.7 Å². The molecule has 1 amide bonds. The SMILES string of the molecule is CC(C)OCC1CCCN1C(=O)CC(C)(C)C(C)(C)CC(=O)C(C)C. The number of carbonyl (C=O) groups excluding carboxylic acids is 2. The molecule has 25 heavy (non-hydrogen) atoms. The molecular weight excluding hydrogens is 314 g/mol. The van der Waals surface area contributed by atoms with E-state index in [0.717, 1.165) is 19.4 Å². The lowest BCUT2D eigenvalue weighted by Crippen LogP contribution is -2.44. The van der Waals surface area contributed by atoms with Gasteiger partial charge in [0.25, 0.3) is 0 Å². The number of carbonyl (C=O) groups is 2. The van der Waals surface area contributed by atoms with Gasteiger partial charge in [-0.1, -0.05) is 41.5 Å². The van der Waals surface area contributed by atoms with E-state index in [-0.39, 0.29) is 40.6 Å². The molecular formula is C21H39NO3. The molecule has 146 valence electrons. The van der Waals surface area contributed by atoms with Crippen LogP contribution in [0.3, 0.4) is 0 Å². The van der Waals surface area contributed by atoms with Gasteiger partial charge in [-0.15, -0.1) is 0 Å². The maximum Gasteiger partial charge on any atom is 0.223 e. The summed E-state index contributed by atoms with van der Waals surface area (Å²) >= 11 is 0. The lowest BCUT2D eigenvalue weighted by atomic mass is 9.63. The molecule has 0 bridgehead atoms. The Labute approximate surface area is 154 Å². The number of nitrogens with zero attached hydrogens (tertiary/aromatic N) is 1. The normalized spacial score (nSPS) is 19.1. The molecule has 1 aliphatic rings. The summed E-state index contributed by atoms with van der Waals surface area (Å²) in [7, 11) is 0. The topological polar surface area (TPSA) is 46.6 Å². The van der Waals surface area contributed by atoms with Crippen molar-refractivity contribution in [2.75, 3.05) is 13.2 Å². The highest BCUT2D eigenvalue weighted by atomic mass is 16.5. The Bertz CT molecular complexity index is 466. The lowest BCUT2D eigenvalue weighted by Gasteiger charge is -2.42. The van der Waals surface area contributed by atoms with Gasteiger partial charge in [0, 0.05) is 25.3 Å². The quantitative estimate of drug-likeness (QED) is 0.615. The fraction of sp³-hybridized carbons (Fsp3) is 0.905. The highest BCUT2D eigenvalue weighted by Gasteiger charge is 2.42. The van der Waals surface area contributed by atoms with Gasteiger partial charge in [0.05, 0.1) is 18.8 Å². The van der Waals surface area contributed by atoms with Crippen LogP contribution in [0.2, 0.25) is 0 Å². The van der Waals surface area contributed by atoms with E-state index >= 15 is 0 Å². The fourth-order valence-corrected chi connectivity index (χ4v) is 3.24. The number of ketones is 1. The minimum Gasteiger partial charge on any atom is -0.377 e. The first-order valence-electron chi connectivity index (χ1n) is 9.81. The summed E-state index contributed by atoms with van der Waals surface area (Å²) in [5.74, 6) is 0.516. The van der Waals surface area contributed by atoms with Gasteiger partial charge >= 0.3 is 0 Å². The van der Waals surface area contributed by atoms with Crippen LogP contribution < -0.4 is 0 Å². The Hall–Kier alpha value is -0.900. The Morgan fingerprint density at radius 1 is 1.04 bits per heavy atom. The molecule has 1 atom stereocenters. The van der Waals surface area contributed by atoms with Crippen LogP contribution in [-0.2, 0) is 14.3 Å². The van der Waals surface area contributed by atoms with Crippen LogP contribution in [0.1, 0.15) is 81.1 Å². The monoisotopic (exact) mass is 353 g/mol. The van der Waals surface area contributed by atoms with Gasteiger partial charge in [-0.2, -0.15) is 0 Å². The van der Waals surface area contributed by atoms with Crippen molar-refractivity contribution < 1.29 is 14.3 Å². The maximum atomic E-state index is 13.0. The lowest BCUT2D eigenvalue weighted by molar-refractivity contribution is -0.139. The molecule has 1 fully saturated rings. The molecule has 1 heterocycles. The number of Topliss-reactive ketones (excluding diaryl/α,β-unsaturated/α-hetero) is 1. The second-order valence-electron chi connectivity index (χ2n) is 9.51. The molecule has 0 radical (unpaired) electrons. The van der Waals surface area contributed by atoms with Crippen molar-refractivity contribution in [3.63, 3.8) is 0 Å². The Morgan fingerprint density at radius 3 is 2.12 bits per heavy atom. The van der Waals surface area contributed by atoms with Gasteiger partial charge in [0.15, 0.2) is 0 Å². The van der Waals surface area contributed by atoms with Gasteiger partial charge in [-0.25, -0.2) is 0 Å². The molecule has 0 spiro atoms. The Balaban J connectivity index is 2.73. The van der Waals surface area contributed by atoms with E-state index in [4.69, 9.17) is 4.74 Å². The van der Waals surface area contributed by atoms with Crippen LogP contribution in [-0.4, -0.2) is 41.9 Å². The molecule has 1 aliphatic heterocycles. The summed E-state index contributed by atoms with van der Waals surface area (Å²) < 4.78 is 5.74. The minimum absolute atomic E-state index is 0.0434. The molecule has 0 aromatic rings. The van der Waals surface area contributed by atoms with Gasteiger partial charge in [-0.05, 0) is 37.5 Å². The molecule has 1 saturated heterocycles. The maximum absolute atomic E-state index is 13.0. The van der Waals surface area contributed by atoms with Gasteiger partial charge in [-0.3, -0.25) is 9.59 Å². The zero-order chi connectivity index (χ0) is 19.4. The molecule has 0 saturated carbocycles. The van der Waals surface area contributed by atoms with Crippen molar-refractivity contribution in [1.29, 1.82) is 0 Å². The number of rotatable bonds is 9.